The molecule has 2 N–H and O–H groups in total. The fraction of sp³-hybridized carbons (Fsp3) is 0.125. The third kappa shape index (κ3) is 4.75. The van der Waals surface area contributed by atoms with Crippen molar-refractivity contribution < 1.29 is 23.7 Å². The first-order chi connectivity index (χ1) is 16.3. The highest BCUT2D eigenvalue weighted by Gasteiger charge is 2.36. The normalized spacial score (nSPS) is 15.1. The van der Waals surface area contributed by atoms with Gasteiger partial charge in [0.25, 0.3) is 5.91 Å². The minimum absolute atomic E-state index is 0.0218. The van der Waals surface area contributed by atoms with E-state index in [0.29, 0.717) is 16.9 Å². The van der Waals surface area contributed by atoms with Crippen LogP contribution in [0.3, 0.4) is 0 Å². The number of benzene rings is 3. The molecule has 9 nitrogen and oxygen atoms in total. The number of nitrogens with zero attached hydrogens (tertiary/aromatic N) is 2. The van der Waals surface area contributed by atoms with Crippen LogP contribution in [-0.4, -0.2) is 29.2 Å². The van der Waals surface area contributed by atoms with Crippen molar-refractivity contribution in [2.45, 2.75) is 6.42 Å². The Labute approximate surface area is 193 Å². The van der Waals surface area contributed by atoms with Gasteiger partial charge in [0.2, 0.25) is 17.6 Å². The highest BCUT2D eigenvalue weighted by Crippen LogP contribution is 2.31. The number of carbonyl (C=O) groups excluding carboxylic acids is 3. The van der Waals surface area contributed by atoms with Gasteiger partial charge >= 0.3 is 5.69 Å². The van der Waals surface area contributed by atoms with Crippen molar-refractivity contribution >= 4 is 40.5 Å². The number of hydrogen-bond donors (Lipinski definition) is 2. The standard InChI is InChI=1S/C24H19FN4O5/c25-18-11-10-17(13-21(18)29(33)34)28-14-16(12-22(28)30)24(32)27-20-9-5-4-8-19(20)26-23(31)15-6-2-1-3-7-15/h1-11,13,16H,12,14H2,(H,26,31)(H,27,32). The Morgan fingerprint density at radius 2 is 1.62 bits per heavy atom. The Kier molecular flexibility index (Phi) is 6.30. The first kappa shape index (κ1) is 22.6. The van der Waals surface area contributed by atoms with E-state index < -0.39 is 34.2 Å². The first-order valence-electron chi connectivity index (χ1n) is 10.3. The third-order valence-electron chi connectivity index (χ3n) is 5.40. The summed E-state index contributed by atoms with van der Waals surface area (Å²) in [6.07, 6.45) is -0.116. The largest absolute Gasteiger partial charge is 0.324 e. The number of amides is 3. The molecule has 0 bridgehead atoms. The van der Waals surface area contributed by atoms with E-state index in [1.165, 1.54) is 11.0 Å². The van der Waals surface area contributed by atoms with Crippen molar-refractivity contribution in [1.82, 2.24) is 0 Å². The van der Waals surface area contributed by atoms with E-state index in [9.17, 15) is 28.9 Å². The van der Waals surface area contributed by atoms with Gasteiger partial charge in [0.15, 0.2) is 0 Å². The van der Waals surface area contributed by atoms with Crippen LogP contribution in [0.1, 0.15) is 16.8 Å². The molecular weight excluding hydrogens is 443 g/mol. The molecule has 172 valence electrons. The van der Waals surface area contributed by atoms with E-state index in [4.69, 9.17) is 0 Å². The summed E-state index contributed by atoms with van der Waals surface area (Å²) in [5.74, 6) is -2.96. The average Bonchev–Trinajstić information content (AvgIpc) is 3.22. The molecule has 1 saturated heterocycles. The lowest BCUT2D eigenvalue weighted by Gasteiger charge is -2.17. The predicted molar refractivity (Wildman–Crippen MR) is 123 cm³/mol. The van der Waals surface area contributed by atoms with E-state index >= 15 is 0 Å². The van der Waals surface area contributed by atoms with E-state index in [1.54, 1.807) is 54.6 Å². The van der Waals surface area contributed by atoms with Crippen LogP contribution >= 0.6 is 0 Å². The van der Waals surface area contributed by atoms with E-state index in [1.807, 2.05) is 0 Å². The first-order valence-corrected chi connectivity index (χ1v) is 10.3. The van der Waals surface area contributed by atoms with Gasteiger partial charge < -0.3 is 15.5 Å². The molecule has 0 aliphatic carbocycles. The summed E-state index contributed by atoms with van der Waals surface area (Å²) >= 11 is 0. The molecule has 34 heavy (non-hydrogen) atoms. The van der Waals surface area contributed by atoms with Crippen LogP contribution in [0, 0.1) is 21.8 Å². The Morgan fingerprint density at radius 1 is 0.971 bits per heavy atom. The maximum absolute atomic E-state index is 13.6. The summed E-state index contributed by atoms with van der Waals surface area (Å²) in [6, 6.07) is 18.4. The zero-order chi connectivity index (χ0) is 24.2. The Balaban J connectivity index is 1.47. The summed E-state index contributed by atoms with van der Waals surface area (Å²) in [4.78, 5) is 49.3. The van der Waals surface area contributed by atoms with Gasteiger partial charge in [-0.1, -0.05) is 30.3 Å². The van der Waals surface area contributed by atoms with Gasteiger partial charge in [0.05, 0.1) is 27.9 Å². The number of anilines is 3. The number of para-hydroxylation sites is 2. The average molecular weight is 462 g/mol. The number of rotatable bonds is 6. The van der Waals surface area contributed by atoms with Crippen molar-refractivity contribution in [3.05, 3.63) is 94.3 Å². The molecule has 1 atom stereocenters. The number of carbonyl (C=O) groups is 3. The van der Waals surface area contributed by atoms with Crippen LogP contribution < -0.4 is 15.5 Å². The summed E-state index contributed by atoms with van der Waals surface area (Å²) < 4.78 is 13.6. The van der Waals surface area contributed by atoms with E-state index in [-0.39, 0.29) is 24.6 Å². The molecular formula is C24H19FN4O5. The molecule has 0 aromatic heterocycles. The van der Waals surface area contributed by atoms with Crippen molar-refractivity contribution in [2.24, 2.45) is 5.92 Å². The van der Waals surface area contributed by atoms with Crippen LogP contribution in [0.4, 0.5) is 27.1 Å². The zero-order valence-corrected chi connectivity index (χ0v) is 17.7. The molecule has 1 aliphatic heterocycles. The van der Waals surface area contributed by atoms with Crippen LogP contribution in [0.5, 0.6) is 0 Å². The van der Waals surface area contributed by atoms with Gasteiger partial charge in [0.1, 0.15) is 0 Å². The highest BCUT2D eigenvalue weighted by molar-refractivity contribution is 6.08. The summed E-state index contributed by atoms with van der Waals surface area (Å²) in [5.41, 5.74) is 0.597. The topological polar surface area (TPSA) is 122 Å². The van der Waals surface area contributed by atoms with Crippen LogP contribution in [-0.2, 0) is 9.59 Å². The quantitative estimate of drug-likeness (QED) is 0.424. The highest BCUT2D eigenvalue weighted by atomic mass is 19.1. The second kappa shape index (κ2) is 9.49. The summed E-state index contributed by atoms with van der Waals surface area (Å²) in [6.45, 7) is -0.0218. The van der Waals surface area contributed by atoms with Crippen molar-refractivity contribution in [3.63, 3.8) is 0 Å². The van der Waals surface area contributed by atoms with Gasteiger partial charge in [-0.2, -0.15) is 4.39 Å². The molecule has 1 aliphatic rings. The minimum Gasteiger partial charge on any atom is -0.324 e. The molecule has 0 spiro atoms. The fourth-order valence-electron chi connectivity index (χ4n) is 3.66. The summed E-state index contributed by atoms with van der Waals surface area (Å²) in [5, 5.41) is 16.5. The molecule has 10 heteroatoms. The number of nitro benzene ring substituents is 1. The van der Waals surface area contributed by atoms with E-state index in [0.717, 1.165) is 12.1 Å². The molecule has 1 unspecified atom stereocenters. The maximum atomic E-state index is 13.6. The molecule has 1 heterocycles. The minimum atomic E-state index is -1.01. The maximum Gasteiger partial charge on any atom is 0.306 e. The molecule has 1 fully saturated rings. The molecule has 0 radical (unpaired) electrons. The monoisotopic (exact) mass is 462 g/mol. The zero-order valence-electron chi connectivity index (χ0n) is 17.7. The summed E-state index contributed by atoms with van der Waals surface area (Å²) in [7, 11) is 0. The van der Waals surface area contributed by atoms with Crippen molar-refractivity contribution in [1.29, 1.82) is 0 Å². The Morgan fingerprint density at radius 3 is 2.29 bits per heavy atom. The SMILES string of the molecule is O=C(Nc1ccccc1NC(=O)C1CC(=O)N(c2ccc(F)c([N+](=O)[O-])c2)C1)c1ccccc1. The van der Waals surface area contributed by atoms with Gasteiger partial charge in [-0.25, -0.2) is 0 Å². The number of nitrogens with one attached hydrogen (secondary N) is 2. The Bertz CT molecular complexity index is 1280. The van der Waals surface area contributed by atoms with E-state index in [2.05, 4.69) is 10.6 Å². The van der Waals surface area contributed by atoms with Gasteiger partial charge in [0, 0.05) is 24.6 Å². The van der Waals surface area contributed by atoms with Crippen LogP contribution in [0.25, 0.3) is 0 Å². The third-order valence-corrected chi connectivity index (χ3v) is 5.40. The lowest BCUT2D eigenvalue weighted by molar-refractivity contribution is -0.387. The second-order valence-corrected chi connectivity index (χ2v) is 7.65. The number of hydrogen-bond acceptors (Lipinski definition) is 5. The van der Waals surface area contributed by atoms with Gasteiger partial charge in [-0.15, -0.1) is 0 Å². The molecule has 3 amide bonds. The van der Waals surface area contributed by atoms with Crippen molar-refractivity contribution in [2.75, 3.05) is 22.1 Å². The molecule has 3 aromatic carbocycles. The molecule has 3 aromatic rings. The molecule has 4 rings (SSSR count). The molecule has 0 saturated carbocycles. The predicted octanol–water partition coefficient (Wildman–Crippen LogP) is 3.98. The number of nitro groups is 1. The van der Waals surface area contributed by atoms with Gasteiger partial charge in [-0.3, -0.25) is 24.5 Å². The fourth-order valence-corrected chi connectivity index (χ4v) is 3.66. The smallest absolute Gasteiger partial charge is 0.306 e. The second-order valence-electron chi connectivity index (χ2n) is 7.65. The number of halogens is 1. The van der Waals surface area contributed by atoms with Crippen LogP contribution in [0.15, 0.2) is 72.8 Å². The van der Waals surface area contributed by atoms with Crippen molar-refractivity contribution in [3.8, 4) is 0 Å². The van der Waals surface area contributed by atoms with Gasteiger partial charge in [-0.05, 0) is 36.4 Å². The lowest BCUT2D eigenvalue weighted by atomic mass is 10.1. The Hall–Kier alpha value is -4.60. The van der Waals surface area contributed by atoms with Crippen LogP contribution in [0.2, 0.25) is 0 Å². The lowest BCUT2D eigenvalue weighted by Crippen LogP contribution is -2.28.